The van der Waals surface area contributed by atoms with Gasteiger partial charge in [0.15, 0.2) is 10.3 Å². The molecule has 0 unspecified atom stereocenters. The van der Waals surface area contributed by atoms with Gasteiger partial charge >= 0.3 is 0 Å². The van der Waals surface area contributed by atoms with Crippen LogP contribution < -0.4 is 5.32 Å². The van der Waals surface area contributed by atoms with Gasteiger partial charge in [0, 0.05) is 34.2 Å². The Kier molecular flexibility index (Phi) is 5.05. The highest BCUT2D eigenvalue weighted by molar-refractivity contribution is 7.99. The van der Waals surface area contributed by atoms with E-state index in [0.29, 0.717) is 35.1 Å². The number of nitrogens with zero attached hydrogens (tertiary/aromatic N) is 4. The summed E-state index contributed by atoms with van der Waals surface area (Å²) >= 11 is 3.10. The van der Waals surface area contributed by atoms with Crippen LogP contribution in [0.3, 0.4) is 0 Å². The van der Waals surface area contributed by atoms with E-state index in [1.165, 1.54) is 11.8 Å². The number of thiazole rings is 1. The van der Waals surface area contributed by atoms with E-state index in [9.17, 15) is 4.79 Å². The number of benzene rings is 1. The lowest BCUT2D eigenvalue weighted by Gasteiger charge is -2.07. The Balaban J connectivity index is 1.32. The molecule has 0 saturated heterocycles. The van der Waals surface area contributed by atoms with Gasteiger partial charge in [-0.25, -0.2) is 9.97 Å². The number of nitrogens with one attached hydrogen (secondary N) is 1. The van der Waals surface area contributed by atoms with E-state index in [2.05, 4.69) is 25.3 Å². The summed E-state index contributed by atoms with van der Waals surface area (Å²) in [5.74, 6) is 2.51. The summed E-state index contributed by atoms with van der Waals surface area (Å²) in [5, 5.41) is 4.68. The fourth-order valence-corrected chi connectivity index (χ4v) is 4.45. The molecule has 0 bridgehead atoms. The molecule has 2 saturated carbocycles. The molecule has 1 aromatic carbocycles. The quantitative estimate of drug-likeness (QED) is 0.550. The van der Waals surface area contributed by atoms with Crippen LogP contribution in [0, 0.1) is 12.8 Å². The average Bonchev–Trinajstić information content (AvgIpc) is 3.61. The van der Waals surface area contributed by atoms with Crippen molar-refractivity contribution in [3.8, 4) is 0 Å². The molecule has 0 spiro atoms. The fourth-order valence-electron chi connectivity index (χ4n) is 3.04. The molecule has 5 rings (SSSR count). The van der Waals surface area contributed by atoms with E-state index >= 15 is 0 Å². The van der Waals surface area contributed by atoms with Crippen LogP contribution in [0.4, 0.5) is 11.1 Å². The predicted molar refractivity (Wildman–Crippen MR) is 114 cm³/mol. The van der Waals surface area contributed by atoms with Crippen LogP contribution in [0.25, 0.3) is 0 Å². The third-order valence-electron chi connectivity index (χ3n) is 4.96. The SMILES string of the molecule is Cc1cnc(Nc2nc(Sc3ccc(CC(=O)C4CC4)cc3)nc(C3CC3)n2)s1. The number of anilines is 2. The Labute approximate surface area is 177 Å². The summed E-state index contributed by atoms with van der Waals surface area (Å²) in [7, 11) is 0. The Morgan fingerprint density at radius 3 is 2.59 bits per heavy atom. The molecule has 29 heavy (non-hydrogen) atoms. The molecule has 0 radical (unpaired) electrons. The maximum Gasteiger partial charge on any atom is 0.233 e. The zero-order chi connectivity index (χ0) is 19.8. The largest absolute Gasteiger partial charge is 0.300 e. The van der Waals surface area contributed by atoms with Crippen molar-refractivity contribution in [3.63, 3.8) is 0 Å². The molecule has 2 aromatic heterocycles. The van der Waals surface area contributed by atoms with Crippen molar-refractivity contribution in [1.82, 2.24) is 19.9 Å². The molecule has 2 heterocycles. The van der Waals surface area contributed by atoms with Gasteiger partial charge in [-0.05, 0) is 62.1 Å². The molecule has 6 nitrogen and oxygen atoms in total. The van der Waals surface area contributed by atoms with Crippen molar-refractivity contribution in [3.05, 3.63) is 46.7 Å². The minimum Gasteiger partial charge on any atom is -0.300 e. The van der Waals surface area contributed by atoms with Gasteiger partial charge < -0.3 is 0 Å². The Bertz CT molecular complexity index is 1040. The molecule has 0 atom stereocenters. The van der Waals surface area contributed by atoms with Gasteiger partial charge in [-0.15, -0.1) is 11.3 Å². The lowest BCUT2D eigenvalue weighted by Crippen LogP contribution is -2.04. The summed E-state index contributed by atoms with van der Waals surface area (Å²) in [6, 6.07) is 8.14. The fraction of sp³-hybridized carbons (Fsp3) is 0.381. The Morgan fingerprint density at radius 1 is 1.14 bits per heavy atom. The van der Waals surface area contributed by atoms with Gasteiger partial charge in [0.05, 0.1) is 0 Å². The first kappa shape index (κ1) is 18.7. The van der Waals surface area contributed by atoms with Crippen LogP contribution >= 0.6 is 23.1 Å². The monoisotopic (exact) mass is 423 g/mol. The number of aryl methyl sites for hydroxylation is 1. The van der Waals surface area contributed by atoms with Crippen LogP contribution in [0.15, 0.2) is 40.5 Å². The van der Waals surface area contributed by atoms with Crippen molar-refractivity contribution in [1.29, 1.82) is 0 Å². The molecule has 3 aromatic rings. The lowest BCUT2D eigenvalue weighted by molar-refractivity contribution is -0.119. The van der Waals surface area contributed by atoms with Gasteiger partial charge in [-0.3, -0.25) is 10.1 Å². The van der Waals surface area contributed by atoms with Crippen molar-refractivity contribution in [2.45, 2.75) is 55.0 Å². The molecule has 2 aliphatic carbocycles. The van der Waals surface area contributed by atoms with Gasteiger partial charge in [0.1, 0.15) is 11.6 Å². The number of aromatic nitrogens is 4. The Morgan fingerprint density at radius 2 is 1.93 bits per heavy atom. The van der Waals surface area contributed by atoms with Gasteiger partial charge in [0.25, 0.3) is 0 Å². The second-order valence-electron chi connectivity index (χ2n) is 7.64. The Hall–Kier alpha value is -2.32. The zero-order valence-electron chi connectivity index (χ0n) is 16.1. The highest BCUT2D eigenvalue weighted by Crippen LogP contribution is 2.39. The van der Waals surface area contributed by atoms with Crippen LogP contribution in [-0.4, -0.2) is 25.7 Å². The number of carbonyl (C=O) groups is 1. The highest BCUT2D eigenvalue weighted by Gasteiger charge is 2.29. The van der Waals surface area contributed by atoms with E-state index in [-0.39, 0.29) is 0 Å². The van der Waals surface area contributed by atoms with Crippen LogP contribution in [0.2, 0.25) is 0 Å². The summed E-state index contributed by atoms with van der Waals surface area (Å²) in [6.45, 7) is 2.02. The van der Waals surface area contributed by atoms with Crippen LogP contribution in [0.1, 0.15) is 47.9 Å². The molecule has 2 aliphatic rings. The van der Waals surface area contributed by atoms with Crippen molar-refractivity contribution >= 4 is 40.0 Å². The lowest BCUT2D eigenvalue weighted by atomic mass is 10.1. The third-order valence-corrected chi connectivity index (χ3v) is 6.66. The number of hydrogen-bond donors (Lipinski definition) is 1. The molecular weight excluding hydrogens is 402 g/mol. The number of Topliss-reactive ketones (excluding diaryl/α,β-unsaturated/α-hetero) is 1. The third kappa shape index (κ3) is 4.82. The smallest absolute Gasteiger partial charge is 0.233 e. The second kappa shape index (κ2) is 7.84. The minimum atomic E-state index is 0.308. The van der Waals surface area contributed by atoms with E-state index in [1.807, 2.05) is 37.4 Å². The summed E-state index contributed by atoms with van der Waals surface area (Å²) < 4.78 is 0. The molecule has 8 heteroatoms. The van der Waals surface area contributed by atoms with E-state index < -0.39 is 0 Å². The molecule has 148 valence electrons. The normalized spacial score (nSPS) is 16.0. The molecule has 1 N–H and O–H groups in total. The van der Waals surface area contributed by atoms with E-state index in [4.69, 9.17) is 0 Å². The first-order valence-corrected chi connectivity index (χ1v) is 11.5. The van der Waals surface area contributed by atoms with Crippen molar-refractivity contribution < 1.29 is 4.79 Å². The van der Waals surface area contributed by atoms with Crippen molar-refractivity contribution in [2.24, 2.45) is 5.92 Å². The first-order chi connectivity index (χ1) is 14.1. The molecular formula is C21H21N5OS2. The molecule has 0 aliphatic heterocycles. The van der Waals surface area contributed by atoms with Gasteiger partial charge in [-0.2, -0.15) is 9.97 Å². The zero-order valence-corrected chi connectivity index (χ0v) is 17.7. The summed E-state index contributed by atoms with van der Waals surface area (Å²) in [6.07, 6.45) is 6.76. The van der Waals surface area contributed by atoms with Crippen LogP contribution in [0.5, 0.6) is 0 Å². The topological polar surface area (TPSA) is 80.7 Å². The summed E-state index contributed by atoms with van der Waals surface area (Å²) in [4.78, 5) is 32.4. The maximum atomic E-state index is 12.0. The molecule has 2 fully saturated rings. The predicted octanol–water partition coefficient (Wildman–Crippen LogP) is 4.93. The molecule has 0 amide bonds. The highest BCUT2D eigenvalue weighted by atomic mass is 32.2. The van der Waals surface area contributed by atoms with Crippen molar-refractivity contribution in [2.75, 3.05) is 5.32 Å². The summed E-state index contributed by atoms with van der Waals surface area (Å²) in [5.41, 5.74) is 1.07. The number of carbonyl (C=O) groups excluding carboxylic acids is 1. The van der Waals surface area contributed by atoms with Gasteiger partial charge in [0.2, 0.25) is 5.95 Å². The average molecular weight is 424 g/mol. The van der Waals surface area contributed by atoms with Gasteiger partial charge in [-0.1, -0.05) is 12.1 Å². The van der Waals surface area contributed by atoms with E-state index in [1.54, 1.807) is 11.3 Å². The maximum absolute atomic E-state index is 12.0. The second-order valence-corrected chi connectivity index (χ2v) is 9.91. The number of rotatable bonds is 8. The number of hydrogen-bond acceptors (Lipinski definition) is 8. The van der Waals surface area contributed by atoms with Crippen LogP contribution in [-0.2, 0) is 11.2 Å². The minimum absolute atomic E-state index is 0.308. The first-order valence-electron chi connectivity index (χ1n) is 9.87. The number of ketones is 1. The van der Waals surface area contributed by atoms with E-state index in [0.717, 1.165) is 52.0 Å². The standard InChI is InChI=1S/C21H21N5OS2/c1-12-11-22-20(28-12)25-19-23-18(15-6-7-15)24-21(26-19)29-16-8-2-13(3-9-16)10-17(27)14-4-5-14/h2-3,8-9,11,14-15H,4-7,10H2,1H3,(H,22,23,24,25,26).